The van der Waals surface area contributed by atoms with E-state index in [1.807, 2.05) is 4.68 Å². The SMILES string of the molecule is CCOC[C@H]1CC[C@@H]2C3CC[C@@]4(C)C(CCC4[C@@H](C)n4ncc(C#N)c4N)[C@@H]3CC[C@@H]2C1. The minimum atomic E-state index is 0.258. The minimum absolute atomic E-state index is 0.258. The van der Waals surface area contributed by atoms with Crippen molar-refractivity contribution in [3.63, 3.8) is 0 Å². The lowest BCUT2D eigenvalue weighted by atomic mass is 9.49. The fraction of sp³-hybridized carbons (Fsp3) is 0.852. The van der Waals surface area contributed by atoms with E-state index < -0.39 is 0 Å². The van der Waals surface area contributed by atoms with Crippen LogP contribution < -0.4 is 5.73 Å². The molecule has 9 atom stereocenters. The highest BCUT2D eigenvalue weighted by Gasteiger charge is 2.58. The summed E-state index contributed by atoms with van der Waals surface area (Å²) in [5.41, 5.74) is 7.18. The normalized spacial score (nSPS) is 41.9. The molecule has 0 radical (unpaired) electrons. The fourth-order valence-electron chi connectivity index (χ4n) is 9.17. The summed E-state index contributed by atoms with van der Waals surface area (Å²) in [5, 5.41) is 13.8. The molecule has 0 aromatic carbocycles. The van der Waals surface area contributed by atoms with E-state index in [2.05, 4.69) is 31.9 Å². The molecule has 4 aliphatic carbocycles. The van der Waals surface area contributed by atoms with Crippen molar-refractivity contribution in [3.05, 3.63) is 11.8 Å². The third kappa shape index (κ3) is 3.49. The summed E-state index contributed by atoms with van der Waals surface area (Å²) >= 11 is 0. The molecular weight excluding hydrogens is 396 g/mol. The number of nitrogens with zero attached hydrogens (tertiary/aromatic N) is 3. The summed E-state index contributed by atoms with van der Waals surface area (Å²) in [7, 11) is 0. The van der Waals surface area contributed by atoms with Crippen LogP contribution >= 0.6 is 0 Å². The van der Waals surface area contributed by atoms with Gasteiger partial charge in [0.15, 0.2) is 0 Å². The lowest BCUT2D eigenvalue weighted by molar-refractivity contribution is -0.0773. The Morgan fingerprint density at radius 3 is 2.75 bits per heavy atom. The first-order valence-corrected chi connectivity index (χ1v) is 13.3. The first kappa shape index (κ1) is 22.3. The highest BCUT2D eigenvalue weighted by Crippen LogP contribution is 2.66. The molecule has 5 heteroatoms. The van der Waals surface area contributed by atoms with Crippen LogP contribution in [0.15, 0.2) is 6.20 Å². The van der Waals surface area contributed by atoms with Crippen molar-refractivity contribution in [2.45, 2.75) is 84.6 Å². The zero-order valence-corrected chi connectivity index (χ0v) is 20.3. The molecule has 176 valence electrons. The number of hydrogen-bond acceptors (Lipinski definition) is 4. The Kier molecular flexibility index (Phi) is 6.03. The lowest BCUT2D eigenvalue weighted by Gasteiger charge is -2.56. The van der Waals surface area contributed by atoms with Crippen LogP contribution in [0, 0.1) is 58.2 Å². The van der Waals surface area contributed by atoms with Crippen LogP contribution in [-0.2, 0) is 4.74 Å². The Morgan fingerprint density at radius 1 is 1.19 bits per heavy atom. The zero-order chi connectivity index (χ0) is 22.5. The van der Waals surface area contributed by atoms with Gasteiger partial charge in [-0.2, -0.15) is 10.4 Å². The topological polar surface area (TPSA) is 76.9 Å². The summed E-state index contributed by atoms with van der Waals surface area (Å²) in [4.78, 5) is 0. The van der Waals surface area contributed by atoms with Crippen LogP contribution in [-0.4, -0.2) is 23.0 Å². The quantitative estimate of drug-likeness (QED) is 0.628. The van der Waals surface area contributed by atoms with Crippen LogP contribution in [0.3, 0.4) is 0 Å². The Morgan fingerprint density at radius 2 is 2.00 bits per heavy atom. The van der Waals surface area contributed by atoms with Gasteiger partial charge >= 0.3 is 0 Å². The predicted molar refractivity (Wildman–Crippen MR) is 127 cm³/mol. The van der Waals surface area contributed by atoms with Crippen molar-refractivity contribution in [1.82, 2.24) is 9.78 Å². The van der Waals surface area contributed by atoms with Gasteiger partial charge in [-0.1, -0.05) is 6.92 Å². The maximum absolute atomic E-state index is 9.31. The Balaban J connectivity index is 1.30. The number of nitrogen functional groups attached to an aromatic ring is 1. The number of anilines is 1. The molecular formula is C27H42N4O. The van der Waals surface area contributed by atoms with Crippen molar-refractivity contribution in [2.24, 2.45) is 46.8 Å². The van der Waals surface area contributed by atoms with E-state index in [-0.39, 0.29) is 6.04 Å². The van der Waals surface area contributed by atoms with E-state index >= 15 is 0 Å². The Hall–Kier alpha value is -1.54. The van der Waals surface area contributed by atoms with Gasteiger partial charge in [0.25, 0.3) is 0 Å². The molecule has 0 bridgehead atoms. The van der Waals surface area contributed by atoms with E-state index in [1.165, 1.54) is 57.8 Å². The van der Waals surface area contributed by atoms with Gasteiger partial charge in [0.05, 0.1) is 12.2 Å². The summed E-state index contributed by atoms with van der Waals surface area (Å²) in [5.74, 6) is 6.58. The number of hydrogen-bond donors (Lipinski definition) is 1. The molecule has 0 spiro atoms. The van der Waals surface area contributed by atoms with Crippen molar-refractivity contribution >= 4 is 5.82 Å². The molecule has 0 aliphatic heterocycles. The van der Waals surface area contributed by atoms with Crippen LogP contribution in [0.4, 0.5) is 5.82 Å². The Labute approximate surface area is 194 Å². The molecule has 1 heterocycles. The number of rotatable bonds is 5. The number of nitrogens with two attached hydrogens (primary N) is 1. The Bertz CT molecular complexity index is 858. The molecule has 4 fully saturated rings. The lowest BCUT2D eigenvalue weighted by Crippen LogP contribution is -2.49. The highest BCUT2D eigenvalue weighted by atomic mass is 16.5. The molecule has 5 nitrogen and oxygen atoms in total. The third-order valence-corrected chi connectivity index (χ3v) is 10.6. The zero-order valence-electron chi connectivity index (χ0n) is 20.3. The smallest absolute Gasteiger partial charge is 0.140 e. The van der Waals surface area contributed by atoms with Crippen molar-refractivity contribution in [2.75, 3.05) is 18.9 Å². The number of fused-ring (bicyclic) bond motifs is 5. The summed E-state index contributed by atoms with van der Waals surface area (Å²) in [6, 6.07) is 2.45. The molecule has 4 aliphatic rings. The number of aromatic nitrogens is 2. The van der Waals surface area contributed by atoms with Crippen molar-refractivity contribution in [3.8, 4) is 6.07 Å². The van der Waals surface area contributed by atoms with Gasteiger partial charge in [-0.25, -0.2) is 4.68 Å². The van der Waals surface area contributed by atoms with Gasteiger partial charge in [-0.05, 0) is 118 Å². The molecule has 0 amide bonds. The second kappa shape index (κ2) is 8.67. The van der Waals surface area contributed by atoms with Gasteiger partial charge < -0.3 is 10.5 Å². The molecule has 1 aromatic heterocycles. The molecule has 32 heavy (non-hydrogen) atoms. The second-order valence-electron chi connectivity index (χ2n) is 11.7. The largest absolute Gasteiger partial charge is 0.383 e. The number of nitriles is 1. The van der Waals surface area contributed by atoms with Gasteiger partial charge in [0, 0.05) is 13.2 Å². The monoisotopic (exact) mass is 438 g/mol. The first-order chi connectivity index (χ1) is 15.5. The van der Waals surface area contributed by atoms with Gasteiger partial charge in [0.2, 0.25) is 0 Å². The third-order valence-electron chi connectivity index (χ3n) is 10.6. The molecule has 3 unspecified atom stereocenters. The predicted octanol–water partition coefficient (Wildman–Crippen LogP) is 5.82. The minimum Gasteiger partial charge on any atom is -0.383 e. The van der Waals surface area contributed by atoms with Crippen LogP contribution in [0.5, 0.6) is 0 Å². The molecule has 2 N–H and O–H groups in total. The van der Waals surface area contributed by atoms with Gasteiger partial charge in [0.1, 0.15) is 17.5 Å². The summed E-state index contributed by atoms with van der Waals surface area (Å²) < 4.78 is 7.73. The standard InChI is InChI=1S/C27H42N4O/c1-4-32-16-18-5-7-21-19(13-18)6-8-23-22(21)11-12-27(3)24(9-10-25(23)27)17(2)31-26(29)20(14-28)15-30-31/h15,17-19,21-25H,4-13,16,29H2,1-3H3/t17-,18+,19-,21+,22?,23-,24?,25?,27-/m1/s1. The van der Waals surface area contributed by atoms with E-state index in [0.29, 0.717) is 22.7 Å². The van der Waals surface area contributed by atoms with Gasteiger partial charge in [-0.15, -0.1) is 0 Å². The van der Waals surface area contributed by atoms with Crippen LogP contribution in [0.2, 0.25) is 0 Å². The molecule has 1 aromatic rings. The second-order valence-corrected chi connectivity index (χ2v) is 11.7. The average Bonchev–Trinajstić information content (AvgIpc) is 3.36. The van der Waals surface area contributed by atoms with E-state index in [1.54, 1.807) is 6.20 Å². The molecule has 5 rings (SSSR count). The van der Waals surface area contributed by atoms with E-state index in [4.69, 9.17) is 10.5 Å². The molecule has 4 saturated carbocycles. The van der Waals surface area contributed by atoms with E-state index in [9.17, 15) is 5.26 Å². The maximum Gasteiger partial charge on any atom is 0.140 e. The van der Waals surface area contributed by atoms with Crippen molar-refractivity contribution in [1.29, 1.82) is 5.26 Å². The highest BCUT2D eigenvalue weighted by molar-refractivity contribution is 5.47. The fourth-order valence-corrected chi connectivity index (χ4v) is 9.17. The maximum atomic E-state index is 9.31. The average molecular weight is 439 g/mol. The number of ether oxygens (including phenoxy) is 1. The van der Waals surface area contributed by atoms with Gasteiger partial charge in [-0.3, -0.25) is 0 Å². The molecule has 0 saturated heterocycles. The van der Waals surface area contributed by atoms with Crippen LogP contribution in [0.25, 0.3) is 0 Å². The first-order valence-electron chi connectivity index (χ1n) is 13.3. The van der Waals surface area contributed by atoms with E-state index in [0.717, 1.165) is 48.7 Å². The van der Waals surface area contributed by atoms with Crippen molar-refractivity contribution < 1.29 is 4.74 Å². The summed E-state index contributed by atoms with van der Waals surface area (Å²) in [6.07, 6.45) is 14.2. The summed E-state index contributed by atoms with van der Waals surface area (Å²) in [6.45, 7) is 8.83. The van der Waals surface area contributed by atoms with Crippen LogP contribution in [0.1, 0.15) is 90.2 Å².